The summed E-state index contributed by atoms with van der Waals surface area (Å²) < 4.78 is 17.6. The average Bonchev–Trinajstić information content (AvgIpc) is 3.20. The number of methoxy groups -OCH3 is 1. The van der Waals surface area contributed by atoms with Crippen LogP contribution in [0.5, 0.6) is 5.75 Å². The lowest BCUT2D eigenvalue weighted by molar-refractivity contribution is -0.234. The van der Waals surface area contributed by atoms with E-state index in [0.717, 1.165) is 31.4 Å². The van der Waals surface area contributed by atoms with Crippen LogP contribution < -0.4 is 4.74 Å². The van der Waals surface area contributed by atoms with E-state index in [9.17, 15) is 4.79 Å². The van der Waals surface area contributed by atoms with Crippen LogP contribution in [-0.4, -0.2) is 31.9 Å². The third-order valence-corrected chi connectivity index (χ3v) is 7.49. The number of fused-ring (bicyclic) bond motifs is 6. The third-order valence-electron chi connectivity index (χ3n) is 7.49. The molecule has 0 amide bonds. The fourth-order valence-electron chi connectivity index (χ4n) is 6.38. The van der Waals surface area contributed by atoms with E-state index >= 15 is 0 Å². The second-order valence-electron chi connectivity index (χ2n) is 8.40. The summed E-state index contributed by atoms with van der Waals surface area (Å²) >= 11 is 0. The number of hydrogen-bond donors (Lipinski definition) is 0. The zero-order chi connectivity index (χ0) is 17.2. The number of carbonyl (C=O) groups excluding carboxylic acids is 1. The highest BCUT2D eigenvalue weighted by Crippen LogP contribution is 2.65. The molecule has 0 bridgehead atoms. The lowest BCUT2D eigenvalue weighted by Gasteiger charge is -2.51. The largest absolute Gasteiger partial charge is 0.497 e. The molecule has 2 saturated carbocycles. The van der Waals surface area contributed by atoms with E-state index in [1.54, 1.807) is 7.11 Å². The number of hydrogen-bond acceptors (Lipinski definition) is 4. The summed E-state index contributed by atoms with van der Waals surface area (Å²) in [6.07, 6.45) is 4.72. The summed E-state index contributed by atoms with van der Waals surface area (Å²) in [6.45, 7) is 3.56. The summed E-state index contributed by atoms with van der Waals surface area (Å²) in [5.74, 6) is 1.71. The first-order chi connectivity index (χ1) is 12.1. The Balaban J connectivity index is 1.54. The van der Waals surface area contributed by atoms with Crippen LogP contribution >= 0.6 is 0 Å². The Kier molecular flexibility index (Phi) is 3.36. The topological polar surface area (TPSA) is 44.8 Å². The molecule has 4 aliphatic rings. The quantitative estimate of drug-likeness (QED) is 0.784. The molecule has 4 heteroatoms. The van der Waals surface area contributed by atoms with Crippen LogP contribution in [0, 0.1) is 17.3 Å². The van der Waals surface area contributed by atoms with Crippen molar-refractivity contribution in [2.45, 2.75) is 50.7 Å². The average molecular weight is 342 g/mol. The van der Waals surface area contributed by atoms with Crippen LogP contribution in [0.3, 0.4) is 0 Å². The SMILES string of the molecule is COc1ccc2c(c1)CC[C@@H]1[C@@H]2C(=O)C[C@@]2(C)[C@H]1CCC21OCCO1. The molecule has 4 atom stereocenters. The van der Waals surface area contributed by atoms with Crippen molar-refractivity contribution >= 4 is 5.78 Å². The summed E-state index contributed by atoms with van der Waals surface area (Å²) in [6, 6.07) is 6.24. The number of Topliss-reactive ketones (excluding diaryl/α,β-unsaturated/α-hetero) is 1. The predicted octanol–water partition coefficient (Wildman–Crippen LogP) is 3.47. The standard InChI is InChI=1S/C21H26O4/c1-20-12-18(22)19-15-6-4-14(23-2)11-13(15)3-5-16(19)17(20)7-8-21(20)24-9-10-25-21/h4,6,11,16-17,19H,3,5,7-10,12H2,1-2H3/t16-,17-,19+,20-/m0/s1. The van der Waals surface area contributed by atoms with Crippen molar-refractivity contribution in [3.8, 4) is 5.75 Å². The molecule has 0 radical (unpaired) electrons. The fraction of sp³-hybridized carbons (Fsp3) is 0.667. The highest BCUT2D eigenvalue weighted by atomic mass is 16.7. The molecule has 1 spiro atoms. The van der Waals surface area contributed by atoms with Crippen LogP contribution in [0.1, 0.15) is 49.7 Å². The Morgan fingerprint density at radius 2 is 2.00 bits per heavy atom. The van der Waals surface area contributed by atoms with E-state index in [1.165, 1.54) is 11.1 Å². The Hall–Kier alpha value is -1.39. The second-order valence-corrected chi connectivity index (χ2v) is 8.40. The maximum absolute atomic E-state index is 13.3. The molecule has 3 fully saturated rings. The molecule has 1 aromatic rings. The zero-order valence-corrected chi connectivity index (χ0v) is 15.0. The molecule has 1 aliphatic heterocycles. The number of aryl methyl sites for hydroxylation is 1. The van der Waals surface area contributed by atoms with E-state index in [1.807, 2.05) is 6.07 Å². The van der Waals surface area contributed by atoms with Gasteiger partial charge >= 0.3 is 0 Å². The predicted molar refractivity (Wildman–Crippen MR) is 92.6 cm³/mol. The Morgan fingerprint density at radius 1 is 1.20 bits per heavy atom. The van der Waals surface area contributed by atoms with Crippen molar-refractivity contribution < 1.29 is 19.0 Å². The molecule has 0 unspecified atom stereocenters. The van der Waals surface area contributed by atoms with Gasteiger partial charge in [0.15, 0.2) is 5.79 Å². The van der Waals surface area contributed by atoms with Gasteiger partial charge < -0.3 is 14.2 Å². The molecule has 1 heterocycles. The summed E-state index contributed by atoms with van der Waals surface area (Å²) in [5.41, 5.74) is 2.35. The van der Waals surface area contributed by atoms with Gasteiger partial charge in [0, 0.05) is 24.2 Å². The van der Waals surface area contributed by atoms with Gasteiger partial charge in [-0.05, 0) is 54.4 Å². The minimum absolute atomic E-state index is 0.0456. The van der Waals surface area contributed by atoms with Gasteiger partial charge in [0.1, 0.15) is 11.5 Å². The highest BCUT2D eigenvalue weighted by Gasteiger charge is 2.66. The van der Waals surface area contributed by atoms with Crippen molar-refractivity contribution in [1.82, 2.24) is 0 Å². The van der Waals surface area contributed by atoms with Gasteiger partial charge in [-0.25, -0.2) is 0 Å². The molecule has 0 aromatic heterocycles. The first-order valence-corrected chi connectivity index (χ1v) is 9.55. The first kappa shape index (κ1) is 15.8. The second kappa shape index (κ2) is 5.31. The van der Waals surface area contributed by atoms with E-state index in [2.05, 4.69) is 19.1 Å². The zero-order valence-electron chi connectivity index (χ0n) is 15.0. The van der Waals surface area contributed by atoms with Gasteiger partial charge in [-0.1, -0.05) is 13.0 Å². The molecular formula is C21H26O4. The molecular weight excluding hydrogens is 316 g/mol. The monoisotopic (exact) mass is 342 g/mol. The molecule has 1 aromatic carbocycles. The lowest BCUT2D eigenvalue weighted by Crippen LogP contribution is -2.54. The van der Waals surface area contributed by atoms with Gasteiger partial charge in [0.2, 0.25) is 0 Å². The fourth-order valence-corrected chi connectivity index (χ4v) is 6.38. The normalized spacial score (nSPS) is 38.3. The highest BCUT2D eigenvalue weighted by molar-refractivity contribution is 5.88. The van der Waals surface area contributed by atoms with Crippen molar-refractivity contribution in [3.63, 3.8) is 0 Å². The van der Waals surface area contributed by atoms with Gasteiger partial charge in [0.25, 0.3) is 0 Å². The van der Waals surface area contributed by atoms with E-state index < -0.39 is 5.79 Å². The molecule has 1 saturated heterocycles. The minimum Gasteiger partial charge on any atom is -0.497 e. The molecule has 3 aliphatic carbocycles. The maximum atomic E-state index is 13.3. The Morgan fingerprint density at radius 3 is 2.76 bits per heavy atom. The summed E-state index contributed by atoms with van der Waals surface area (Å²) in [7, 11) is 1.70. The van der Waals surface area contributed by atoms with Crippen LogP contribution in [0.25, 0.3) is 0 Å². The van der Waals surface area contributed by atoms with Crippen LogP contribution in [0.4, 0.5) is 0 Å². The van der Waals surface area contributed by atoms with E-state index in [-0.39, 0.29) is 11.3 Å². The van der Waals surface area contributed by atoms with Gasteiger partial charge in [-0.15, -0.1) is 0 Å². The van der Waals surface area contributed by atoms with E-state index in [0.29, 0.717) is 37.3 Å². The van der Waals surface area contributed by atoms with Crippen LogP contribution in [0.2, 0.25) is 0 Å². The summed E-state index contributed by atoms with van der Waals surface area (Å²) in [5, 5.41) is 0. The van der Waals surface area contributed by atoms with E-state index in [4.69, 9.17) is 14.2 Å². The number of benzene rings is 1. The van der Waals surface area contributed by atoms with Crippen LogP contribution in [0.15, 0.2) is 18.2 Å². The van der Waals surface area contributed by atoms with Crippen molar-refractivity contribution in [2.75, 3.05) is 20.3 Å². The Labute approximate surface area is 148 Å². The lowest BCUT2D eigenvalue weighted by atomic mass is 9.54. The van der Waals surface area contributed by atoms with Gasteiger partial charge in [-0.2, -0.15) is 0 Å². The summed E-state index contributed by atoms with van der Waals surface area (Å²) in [4.78, 5) is 13.3. The first-order valence-electron chi connectivity index (χ1n) is 9.55. The molecule has 0 N–H and O–H groups in total. The maximum Gasteiger partial charge on any atom is 0.174 e. The molecule has 134 valence electrons. The van der Waals surface area contributed by atoms with Crippen LogP contribution in [-0.2, 0) is 20.7 Å². The van der Waals surface area contributed by atoms with Gasteiger partial charge in [-0.3, -0.25) is 4.79 Å². The number of ketones is 1. The molecule has 25 heavy (non-hydrogen) atoms. The van der Waals surface area contributed by atoms with Crippen molar-refractivity contribution in [3.05, 3.63) is 29.3 Å². The Bertz CT molecular complexity index is 721. The van der Waals surface area contributed by atoms with Crippen molar-refractivity contribution in [1.29, 1.82) is 0 Å². The van der Waals surface area contributed by atoms with Gasteiger partial charge in [0.05, 0.1) is 20.3 Å². The third kappa shape index (κ3) is 1.98. The molecule has 5 rings (SSSR count). The number of ether oxygens (including phenoxy) is 3. The van der Waals surface area contributed by atoms with Crippen molar-refractivity contribution in [2.24, 2.45) is 17.3 Å². The smallest absolute Gasteiger partial charge is 0.174 e. The number of carbonyl (C=O) groups is 1. The molecule has 4 nitrogen and oxygen atoms in total. The number of rotatable bonds is 1. The minimum atomic E-state index is -0.515.